The molecule has 0 spiro atoms. The van der Waals surface area contributed by atoms with Crippen molar-refractivity contribution in [2.45, 2.75) is 32.7 Å². The summed E-state index contributed by atoms with van der Waals surface area (Å²) in [6, 6.07) is 0.190. The third-order valence-electron chi connectivity index (χ3n) is 1.91. The van der Waals surface area contributed by atoms with Gasteiger partial charge < -0.3 is 20.9 Å². The molecule has 0 radical (unpaired) electrons. The molecule has 7 heteroatoms. The van der Waals surface area contributed by atoms with Crippen LogP contribution in [-0.2, 0) is 0 Å². The van der Waals surface area contributed by atoms with Crippen molar-refractivity contribution in [2.75, 3.05) is 24.3 Å². The molecule has 0 saturated carbocycles. The molecule has 1 heterocycles. The molecule has 1 aromatic rings. The highest BCUT2D eigenvalue weighted by atomic mass is 16.5. The van der Waals surface area contributed by atoms with Crippen molar-refractivity contribution in [3.63, 3.8) is 0 Å². The number of rotatable bonds is 6. The van der Waals surface area contributed by atoms with E-state index in [0.717, 1.165) is 6.42 Å². The molecule has 1 aromatic heterocycles. The average molecular weight is 241 g/mol. The maximum absolute atomic E-state index is 9.14. The normalized spacial score (nSPS) is 11.3. The fourth-order valence-corrected chi connectivity index (χ4v) is 1.03. The van der Waals surface area contributed by atoms with E-state index >= 15 is 0 Å². The van der Waals surface area contributed by atoms with E-state index in [9.17, 15) is 0 Å². The number of anilines is 2. The van der Waals surface area contributed by atoms with Crippen LogP contribution in [0.4, 0.5) is 11.9 Å². The number of hydrogen-bond acceptors (Lipinski definition) is 7. The zero-order valence-electron chi connectivity index (χ0n) is 10.4. The monoisotopic (exact) mass is 241 g/mol. The van der Waals surface area contributed by atoms with Crippen molar-refractivity contribution >= 4 is 11.9 Å². The molecule has 0 unspecified atom stereocenters. The van der Waals surface area contributed by atoms with Gasteiger partial charge in [0, 0.05) is 0 Å². The molecule has 0 saturated heterocycles. The second-order valence-corrected chi connectivity index (χ2v) is 4.32. The van der Waals surface area contributed by atoms with Crippen LogP contribution < -0.4 is 15.8 Å². The standard InChI is InChI=1S/C10H19N5O2/c1-4-5-17-9-13-7(11)12-8(14-9)15-10(2,3)6-16/h16H,4-6H2,1-3H3,(H3,11,12,13,14,15). The average Bonchev–Trinajstić information content (AvgIpc) is 2.25. The summed E-state index contributed by atoms with van der Waals surface area (Å²) in [7, 11) is 0. The summed E-state index contributed by atoms with van der Waals surface area (Å²) in [5, 5.41) is 12.1. The Bertz CT molecular complexity index is 370. The van der Waals surface area contributed by atoms with Crippen LogP contribution in [0.5, 0.6) is 6.01 Å². The van der Waals surface area contributed by atoms with Crippen molar-refractivity contribution in [3.05, 3.63) is 0 Å². The van der Waals surface area contributed by atoms with Crippen molar-refractivity contribution in [1.29, 1.82) is 0 Å². The van der Waals surface area contributed by atoms with E-state index in [-0.39, 0.29) is 18.6 Å². The summed E-state index contributed by atoms with van der Waals surface area (Å²) < 4.78 is 5.28. The molecule has 0 bridgehead atoms. The number of aliphatic hydroxyl groups is 1. The Kier molecular flexibility index (Phi) is 4.45. The molecule has 0 aliphatic heterocycles. The van der Waals surface area contributed by atoms with Crippen LogP contribution in [-0.4, -0.2) is 38.8 Å². The number of aliphatic hydroxyl groups excluding tert-OH is 1. The summed E-state index contributed by atoms with van der Waals surface area (Å²) >= 11 is 0. The van der Waals surface area contributed by atoms with Gasteiger partial charge in [-0.05, 0) is 20.3 Å². The van der Waals surface area contributed by atoms with Crippen molar-refractivity contribution in [2.24, 2.45) is 0 Å². The lowest BCUT2D eigenvalue weighted by molar-refractivity contribution is 0.233. The molecule has 7 nitrogen and oxygen atoms in total. The predicted molar refractivity (Wildman–Crippen MR) is 64.8 cm³/mol. The van der Waals surface area contributed by atoms with Crippen LogP contribution in [0.15, 0.2) is 0 Å². The summed E-state index contributed by atoms with van der Waals surface area (Å²) in [4.78, 5) is 11.8. The van der Waals surface area contributed by atoms with E-state index in [2.05, 4.69) is 20.3 Å². The molecule has 0 atom stereocenters. The van der Waals surface area contributed by atoms with Gasteiger partial charge >= 0.3 is 6.01 Å². The molecule has 0 aliphatic carbocycles. The first-order valence-electron chi connectivity index (χ1n) is 5.50. The molecule has 0 aliphatic rings. The van der Waals surface area contributed by atoms with Crippen LogP contribution in [0.25, 0.3) is 0 Å². The summed E-state index contributed by atoms with van der Waals surface area (Å²) in [6.07, 6.45) is 0.858. The summed E-state index contributed by atoms with van der Waals surface area (Å²) in [5.41, 5.74) is 5.01. The van der Waals surface area contributed by atoms with Gasteiger partial charge in [-0.3, -0.25) is 0 Å². The third kappa shape index (κ3) is 4.39. The molecule has 0 aromatic carbocycles. The van der Waals surface area contributed by atoms with Gasteiger partial charge in [-0.1, -0.05) is 6.92 Å². The van der Waals surface area contributed by atoms with Crippen LogP contribution in [0, 0.1) is 0 Å². The third-order valence-corrected chi connectivity index (χ3v) is 1.91. The van der Waals surface area contributed by atoms with Gasteiger partial charge in [0.2, 0.25) is 11.9 Å². The van der Waals surface area contributed by atoms with E-state index < -0.39 is 5.54 Å². The Morgan fingerprint density at radius 3 is 2.65 bits per heavy atom. The summed E-state index contributed by atoms with van der Waals surface area (Å²) in [6.45, 7) is 6.09. The molecule has 0 fully saturated rings. The lowest BCUT2D eigenvalue weighted by Crippen LogP contribution is -2.35. The maximum atomic E-state index is 9.14. The van der Waals surface area contributed by atoms with E-state index in [0.29, 0.717) is 12.6 Å². The van der Waals surface area contributed by atoms with Gasteiger partial charge in [0.05, 0.1) is 18.8 Å². The Morgan fingerprint density at radius 1 is 1.35 bits per heavy atom. The Balaban J connectivity index is 2.82. The molecular weight excluding hydrogens is 222 g/mol. The fourth-order valence-electron chi connectivity index (χ4n) is 1.03. The number of aromatic nitrogens is 3. The minimum Gasteiger partial charge on any atom is -0.463 e. The maximum Gasteiger partial charge on any atom is 0.323 e. The quantitative estimate of drug-likeness (QED) is 0.662. The van der Waals surface area contributed by atoms with E-state index in [4.69, 9.17) is 15.6 Å². The van der Waals surface area contributed by atoms with Gasteiger partial charge in [-0.15, -0.1) is 0 Å². The number of ether oxygens (including phenoxy) is 1. The van der Waals surface area contributed by atoms with E-state index in [1.807, 2.05) is 20.8 Å². The van der Waals surface area contributed by atoms with E-state index in [1.54, 1.807) is 0 Å². The topological polar surface area (TPSA) is 106 Å². The second-order valence-electron chi connectivity index (χ2n) is 4.32. The molecule has 0 amide bonds. The van der Waals surface area contributed by atoms with Crippen LogP contribution in [0.3, 0.4) is 0 Å². The van der Waals surface area contributed by atoms with Crippen molar-refractivity contribution in [1.82, 2.24) is 15.0 Å². The molecule has 17 heavy (non-hydrogen) atoms. The molecule has 4 N–H and O–H groups in total. The van der Waals surface area contributed by atoms with Crippen molar-refractivity contribution < 1.29 is 9.84 Å². The first-order chi connectivity index (χ1) is 7.96. The first-order valence-corrected chi connectivity index (χ1v) is 5.50. The van der Waals surface area contributed by atoms with Gasteiger partial charge in [-0.25, -0.2) is 0 Å². The van der Waals surface area contributed by atoms with E-state index in [1.165, 1.54) is 0 Å². The second kappa shape index (κ2) is 5.62. The van der Waals surface area contributed by atoms with Crippen LogP contribution in [0.2, 0.25) is 0 Å². The van der Waals surface area contributed by atoms with Gasteiger partial charge in [0.25, 0.3) is 0 Å². The highest BCUT2D eigenvalue weighted by molar-refractivity contribution is 5.34. The number of nitrogens with zero attached hydrogens (tertiary/aromatic N) is 3. The molecular formula is C10H19N5O2. The minimum absolute atomic E-state index is 0.0518. The predicted octanol–water partition coefficient (Wildman–Crippen LogP) is 0.425. The zero-order chi connectivity index (χ0) is 12.9. The Labute approximate surface area is 100 Å². The number of nitrogen functional groups attached to an aromatic ring is 1. The van der Waals surface area contributed by atoms with Gasteiger partial charge in [0.1, 0.15) is 0 Å². The van der Waals surface area contributed by atoms with Gasteiger partial charge in [0.15, 0.2) is 0 Å². The largest absolute Gasteiger partial charge is 0.463 e. The Morgan fingerprint density at radius 2 is 2.06 bits per heavy atom. The molecule has 96 valence electrons. The lowest BCUT2D eigenvalue weighted by Gasteiger charge is -2.23. The lowest BCUT2D eigenvalue weighted by atomic mass is 10.1. The highest BCUT2D eigenvalue weighted by Gasteiger charge is 2.18. The fraction of sp³-hybridized carbons (Fsp3) is 0.700. The SMILES string of the molecule is CCCOc1nc(N)nc(NC(C)(C)CO)n1. The molecule has 1 rings (SSSR count). The van der Waals surface area contributed by atoms with Crippen LogP contribution in [0.1, 0.15) is 27.2 Å². The zero-order valence-corrected chi connectivity index (χ0v) is 10.4. The summed E-state index contributed by atoms with van der Waals surface area (Å²) in [5.74, 6) is 0.380. The number of hydrogen-bond donors (Lipinski definition) is 3. The minimum atomic E-state index is -0.532. The van der Waals surface area contributed by atoms with Gasteiger partial charge in [-0.2, -0.15) is 15.0 Å². The first kappa shape index (κ1) is 13.4. The van der Waals surface area contributed by atoms with Crippen LogP contribution >= 0.6 is 0 Å². The Hall–Kier alpha value is -1.63. The highest BCUT2D eigenvalue weighted by Crippen LogP contribution is 2.14. The number of nitrogens with one attached hydrogen (secondary N) is 1. The van der Waals surface area contributed by atoms with Crippen molar-refractivity contribution in [3.8, 4) is 6.01 Å². The smallest absolute Gasteiger partial charge is 0.323 e. The number of nitrogens with two attached hydrogens (primary N) is 1.